The Kier molecular flexibility index (Phi) is 32.4. The van der Waals surface area contributed by atoms with Crippen LogP contribution in [0.2, 0.25) is 0 Å². The summed E-state index contributed by atoms with van der Waals surface area (Å²) < 4.78 is 0. The van der Waals surface area contributed by atoms with Gasteiger partial charge in [-0.15, -0.1) is 0 Å². The van der Waals surface area contributed by atoms with Crippen LogP contribution in [0.15, 0.2) is 30.3 Å². The zero-order valence-corrected chi connectivity index (χ0v) is 14.4. The molecule has 87 valence electrons. The van der Waals surface area contributed by atoms with Gasteiger partial charge >= 0.3 is 0 Å². The molecule has 1 aromatic carbocycles. The molecule has 0 fully saturated rings. The Morgan fingerprint density at radius 2 is 1.13 bits per heavy atom. The first-order valence-corrected chi connectivity index (χ1v) is 5.35. The minimum absolute atomic E-state index is 0. The van der Waals surface area contributed by atoms with Crippen LogP contribution in [0.25, 0.3) is 0 Å². The average molecular weight is 284 g/mol. The van der Waals surface area contributed by atoms with E-state index < -0.39 is 0 Å². The van der Waals surface area contributed by atoms with Crippen LogP contribution < -0.4 is 0 Å². The van der Waals surface area contributed by atoms with Crippen LogP contribution in [0.1, 0.15) is 53.0 Å². The van der Waals surface area contributed by atoms with E-state index in [0.29, 0.717) is 5.92 Å². The molecule has 0 aliphatic heterocycles. The summed E-state index contributed by atoms with van der Waals surface area (Å²) >= 11 is 0. The fourth-order valence-electron chi connectivity index (χ4n) is 0.838. The van der Waals surface area contributed by atoms with E-state index in [4.69, 9.17) is 0 Å². The molecule has 0 bridgehead atoms. The Morgan fingerprint density at radius 1 is 0.800 bits per heavy atom. The van der Waals surface area contributed by atoms with Gasteiger partial charge < -0.3 is 7.43 Å². The molecule has 0 aliphatic carbocycles. The summed E-state index contributed by atoms with van der Waals surface area (Å²) in [4.78, 5) is 0. The Hall–Kier alpha value is 0.324. The zero-order valence-electron chi connectivity index (χ0n) is 11.5. The molecule has 0 unspecified atom stereocenters. The van der Waals surface area contributed by atoms with Crippen molar-refractivity contribution in [2.45, 2.75) is 47.5 Å². The average Bonchev–Trinajstić information content (AvgIpc) is 2.25. The first kappa shape index (κ1) is 24.5. The van der Waals surface area contributed by atoms with Crippen LogP contribution in [0, 0.1) is 7.43 Å². The Morgan fingerprint density at radius 3 is 1.33 bits per heavy atom. The maximum Gasteiger partial charge on any atom is 0 e. The molecule has 0 amide bonds. The molecule has 1 aromatic rings. The van der Waals surface area contributed by atoms with Gasteiger partial charge in [-0.3, -0.25) is 0 Å². The summed E-state index contributed by atoms with van der Waals surface area (Å²) in [6.07, 6.45) is 0. The van der Waals surface area contributed by atoms with Gasteiger partial charge in [0.25, 0.3) is 0 Å². The van der Waals surface area contributed by atoms with E-state index in [0.717, 1.165) is 0 Å². The van der Waals surface area contributed by atoms with Gasteiger partial charge in [-0.1, -0.05) is 71.9 Å². The fourth-order valence-corrected chi connectivity index (χ4v) is 0.838. The third-order valence-electron chi connectivity index (χ3n) is 1.47. The molecule has 0 aromatic heterocycles. The van der Waals surface area contributed by atoms with Crippen molar-refractivity contribution in [1.29, 1.82) is 0 Å². The van der Waals surface area contributed by atoms with Gasteiger partial charge in [-0.05, 0) is 11.5 Å². The van der Waals surface area contributed by atoms with Gasteiger partial charge in [0.05, 0.1) is 0 Å². The maximum atomic E-state index is 2.20. The largest absolute Gasteiger partial charge is 0.358 e. The van der Waals surface area contributed by atoms with Crippen LogP contribution in [0.5, 0.6) is 0 Å². The van der Waals surface area contributed by atoms with Gasteiger partial charge in [-0.2, -0.15) is 0 Å². The summed E-state index contributed by atoms with van der Waals surface area (Å²) in [5, 5.41) is 0. The van der Waals surface area contributed by atoms with Gasteiger partial charge in [0.2, 0.25) is 0 Å². The molecule has 0 saturated carbocycles. The van der Waals surface area contributed by atoms with Crippen molar-refractivity contribution in [3.8, 4) is 0 Å². The number of hydrogen-bond acceptors (Lipinski definition) is 0. The number of benzene rings is 1. The van der Waals surface area contributed by atoms with Gasteiger partial charge in [0.15, 0.2) is 0 Å². The normalized spacial score (nSPS) is 6.87. The van der Waals surface area contributed by atoms with Crippen molar-refractivity contribution in [2.75, 3.05) is 0 Å². The predicted molar refractivity (Wildman–Crippen MR) is 69.6 cm³/mol. The van der Waals surface area contributed by atoms with E-state index in [-0.39, 0.29) is 40.1 Å². The molecule has 15 heavy (non-hydrogen) atoms. The van der Waals surface area contributed by atoms with Crippen molar-refractivity contribution in [3.63, 3.8) is 0 Å². The fraction of sp³-hybridized carbons (Fsp3) is 0.500. The van der Waals surface area contributed by atoms with Crippen LogP contribution in [-0.4, -0.2) is 0 Å². The van der Waals surface area contributed by atoms with Gasteiger partial charge in [-0.25, -0.2) is 0 Å². The van der Waals surface area contributed by atoms with E-state index in [1.165, 1.54) is 5.56 Å². The van der Waals surface area contributed by atoms with E-state index in [1.54, 1.807) is 0 Å². The first-order valence-electron chi connectivity index (χ1n) is 5.35. The van der Waals surface area contributed by atoms with Crippen molar-refractivity contribution in [3.05, 3.63) is 43.3 Å². The topological polar surface area (TPSA) is 0 Å². The molecule has 0 nitrogen and oxygen atoms in total. The molecular weight excluding hydrogens is 257 g/mol. The molecule has 0 atom stereocenters. The van der Waals surface area contributed by atoms with Gasteiger partial charge in [0.1, 0.15) is 0 Å². The Balaban J connectivity index is -0.0000000910. The van der Waals surface area contributed by atoms with Crippen LogP contribution >= 0.6 is 0 Å². The van der Waals surface area contributed by atoms with Crippen molar-refractivity contribution < 1.29 is 32.7 Å². The maximum absolute atomic E-state index is 2.20. The van der Waals surface area contributed by atoms with Crippen molar-refractivity contribution >= 4 is 0 Å². The SMILES string of the molecule is CC.CC.CC(C)c1ccccc1.[CH3-].[Y]. The molecule has 0 aliphatic rings. The summed E-state index contributed by atoms with van der Waals surface area (Å²) in [5.41, 5.74) is 1.41. The number of rotatable bonds is 1. The Labute approximate surface area is 123 Å². The predicted octanol–water partition coefficient (Wildman–Crippen LogP) is 5.31. The molecular formula is C14H27Y-. The van der Waals surface area contributed by atoms with Gasteiger partial charge in [0, 0.05) is 32.7 Å². The quantitative estimate of drug-likeness (QED) is 0.613. The number of hydrogen-bond donors (Lipinski definition) is 0. The van der Waals surface area contributed by atoms with Crippen LogP contribution in [0.3, 0.4) is 0 Å². The van der Waals surface area contributed by atoms with E-state index in [1.807, 2.05) is 33.8 Å². The molecule has 0 saturated heterocycles. The van der Waals surface area contributed by atoms with Crippen LogP contribution in [-0.2, 0) is 32.7 Å². The first-order chi connectivity index (χ1) is 6.30. The van der Waals surface area contributed by atoms with E-state index in [9.17, 15) is 0 Å². The second-order valence-electron chi connectivity index (χ2n) is 2.57. The zero-order chi connectivity index (χ0) is 10.7. The summed E-state index contributed by atoms with van der Waals surface area (Å²) in [6, 6.07) is 10.5. The molecule has 1 radical (unpaired) electrons. The third kappa shape index (κ3) is 14.3. The second kappa shape index (κ2) is 19.8. The molecule has 0 heterocycles. The third-order valence-corrected chi connectivity index (χ3v) is 1.47. The standard InChI is InChI=1S/C9H12.2C2H6.CH3.Y/c1-8(2)9-6-4-3-5-7-9;2*1-2;;/h3-8H,1-2H3;2*1-2H3;1H3;/q;;;-1;. The molecule has 1 rings (SSSR count). The summed E-state index contributed by atoms with van der Waals surface area (Å²) in [7, 11) is 0. The van der Waals surface area contributed by atoms with Crippen molar-refractivity contribution in [1.82, 2.24) is 0 Å². The van der Waals surface area contributed by atoms with E-state index in [2.05, 4.69) is 38.1 Å². The minimum Gasteiger partial charge on any atom is -0.358 e. The molecule has 0 N–H and O–H groups in total. The molecule has 0 spiro atoms. The van der Waals surface area contributed by atoms with Crippen molar-refractivity contribution in [2.24, 2.45) is 0 Å². The van der Waals surface area contributed by atoms with E-state index >= 15 is 0 Å². The van der Waals surface area contributed by atoms with Crippen LogP contribution in [0.4, 0.5) is 0 Å². The minimum atomic E-state index is 0. The second-order valence-corrected chi connectivity index (χ2v) is 2.57. The summed E-state index contributed by atoms with van der Waals surface area (Å²) in [5.74, 6) is 0.659. The monoisotopic (exact) mass is 284 g/mol. The Bertz CT molecular complexity index is 168. The summed E-state index contributed by atoms with van der Waals surface area (Å²) in [6.45, 7) is 12.4. The molecule has 1 heteroatoms. The smallest absolute Gasteiger partial charge is 0 e.